The lowest BCUT2D eigenvalue weighted by Crippen LogP contribution is -2.52. The molecule has 1 aliphatic rings. The van der Waals surface area contributed by atoms with Crippen LogP contribution in [0.2, 0.25) is 5.02 Å². The van der Waals surface area contributed by atoms with Crippen molar-refractivity contribution >= 4 is 17.5 Å². The van der Waals surface area contributed by atoms with Crippen LogP contribution in [0.5, 0.6) is 5.75 Å². The summed E-state index contributed by atoms with van der Waals surface area (Å²) in [5.41, 5.74) is -0.0599. The molecule has 0 bridgehead atoms. The van der Waals surface area contributed by atoms with Gasteiger partial charge in [-0.25, -0.2) is 0 Å². The van der Waals surface area contributed by atoms with Gasteiger partial charge in [0.1, 0.15) is 5.75 Å². The third kappa shape index (κ3) is 3.25. The molecule has 0 saturated heterocycles. The van der Waals surface area contributed by atoms with E-state index in [0.29, 0.717) is 16.3 Å². The van der Waals surface area contributed by atoms with Crippen LogP contribution < -0.4 is 10.1 Å². The summed E-state index contributed by atoms with van der Waals surface area (Å²) in [5, 5.41) is 13.1. The highest BCUT2D eigenvalue weighted by molar-refractivity contribution is 6.30. The summed E-state index contributed by atoms with van der Waals surface area (Å²) in [6.07, 6.45) is 4.83. The Morgan fingerprint density at radius 1 is 1.40 bits per heavy atom. The first-order chi connectivity index (χ1) is 9.60. The van der Waals surface area contributed by atoms with Gasteiger partial charge >= 0.3 is 0 Å². The lowest BCUT2D eigenvalue weighted by molar-refractivity contribution is 0.0756. The Bertz CT molecular complexity index is 484. The number of carbonyl (C=O) groups excluding carboxylic acids is 1. The summed E-state index contributed by atoms with van der Waals surface area (Å²) in [5.74, 6) is 0.216. The van der Waals surface area contributed by atoms with Crippen LogP contribution in [-0.4, -0.2) is 30.3 Å². The van der Waals surface area contributed by atoms with Crippen molar-refractivity contribution in [2.24, 2.45) is 0 Å². The second kappa shape index (κ2) is 6.46. The fraction of sp³-hybridized carbons (Fsp3) is 0.533. The molecule has 2 rings (SSSR count). The van der Waals surface area contributed by atoms with E-state index < -0.39 is 5.54 Å². The van der Waals surface area contributed by atoms with Gasteiger partial charge < -0.3 is 15.2 Å². The van der Waals surface area contributed by atoms with Crippen LogP contribution in [-0.2, 0) is 0 Å². The van der Waals surface area contributed by atoms with Crippen LogP contribution in [0.4, 0.5) is 0 Å². The van der Waals surface area contributed by atoms with Gasteiger partial charge in [0.25, 0.3) is 5.91 Å². The first-order valence-corrected chi connectivity index (χ1v) is 7.25. The summed E-state index contributed by atoms with van der Waals surface area (Å²) >= 11 is 5.90. The number of carbonyl (C=O) groups is 1. The molecule has 1 aliphatic carbocycles. The average molecular weight is 298 g/mol. The maximum Gasteiger partial charge on any atom is 0.255 e. The zero-order chi connectivity index (χ0) is 14.6. The van der Waals surface area contributed by atoms with Crippen molar-refractivity contribution in [2.45, 2.75) is 37.6 Å². The summed E-state index contributed by atoms with van der Waals surface area (Å²) in [6.45, 7) is -0.0331. The molecule has 2 N–H and O–H groups in total. The third-order valence-electron chi connectivity index (χ3n) is 3.90. The van der Waals surface area contributed by atoms with Crippen molar-refractivity contribution in [2.75, 3.05) is 13.7 Å². The highest BCUT2D eigenvalue weighted by atomic mass is 35.5. The molecule has 110 valence electrons. The van der Waals surface area contributed by atoms with Gasteiger partial charge in [0, 0.05) is 5.02 Å². The van der Waals surface area contributed by atoms with Gasteiger partial charge in [0.2, 0.25) is 0 Å². The number of methoxy groups -OCH3 is 1. The van der Waals surface area contributed by atoms with Crippen molar-refractivity contribution in [3.8, 4) is 5.75 Å². The average Bonchev–Trinajstić information content (AvgIpc) is 2.47. The number of hydrogen-bond donors (Lipinski definition) is 2. The first-order valence-electron chi connectivity index (χ1n) is 6.87. The van der Waals surface area contributed by atoms with Crippen LogP contribution in [0.1, 0.15) is 42.5 Å². The standard InChI is InChI=1S/C15H20ClNO3/c1-20-13-9-11(16)5-6-12(13)14(19)17-15(10-18)7-3-2-4-8-15/h5-6,9,18H,2-4,7-8,10H2,1H3,(H,17,19). The monoisotopic (exact) mass is 297 g/mol. The van der Waals surface area contributed by atoms with Crippen molar-refractivity contribution in [3.05, 3.63) is 28.8 Å². The van der Waals surface area contributed by atoms with E-state index in [1.165, 1.54) is 7.11 Å². The molecule has 1 aromatic rings. The summed E-state index contributed by atoms with van der Waals surface area (Å²) < 4.78 is 5.20. The molecule has 5 heteroatoms. The molecule has 0 unspecified atom stereocenters. The minimum atomic E-state index is -0.500. The molecular weight excluding hydrogens is 278 g/mol. The molecule has 0 radical (unpaired) electrons. The normalized spacial score (nSPS) is 17.6. The Hall–Kier alpha value is -1.26. The Balaban J connectivity index is 2.18. The molecule has 0 heterocycles. The fourth-order valence-electron chi connectivity index (χ4n) is 2.71. The quantitative estimate of drug-likeness (QED) is 0.898. The van der Waals surface area contributed by atoms with E-state index in [-0.39, 0.29) is 12.5 Å². The van der Waals surface area contributed by atoms with Crippen LogP contribution in [0.25, 0.3) is 0 Å². The Kier molecular flexibility index (Phi) is 4.89. The second-order valence-electron chi connectivity index (χ2n) is 5.30. The molecule has 1 aromatic carbocycles. The Morgan fingerprint density at radius 3 is 2.70 bits per heavy atom. The maximum atomic E-state index is 12.4. The predicted octanol–water partition coefficient (Wildman–Crippen LogP) is 2.77. The number of halogens is 1. The minimum Gasteiger partial charge on any atom is -0.496 e. The molecule has 0 spiro atoms. The number of hydrogen-bond acceptors (Lipinski definition) is 3. The largest absolute Gasteiger partial charge is 0.496 e. The molecule has 0 aromatic heterocycles. The number of amides is 1. The van der Waals surface area contributed by atoms with Crippen LogP contribution >= 0.6 is 11.6 Å². The number of rotatable bonds is 4. The number of benzene rings is 1. The molecule has 1 fully saturated rings. The van der Waals surface area contributed by atoms with Gasteiger partial charge in [-0.05, 0) is 31.0 Å². The Morgan fingerprint density at radius 2 is 2.10 bits per heavy atom. The van der Waals surface area contributed by atoms with Crippen molar-refractivity contribution in [1.82, 2.24) is 5.32 Å². The van der Waals surface area contributed by atoms with Gasteiger partial charge in [0.15, 0.2) is 0 Å². The highest BCUT2D eigenvalue weighted by Gasteiger charge is 2.33. The number of nitrogens with one attached hydrogen (secondary N) is 1. The number of ether oxygens (including phenoxy) is 1. The molecule has 0 atom stereocenters. The lowest BCUT2D eigenvalue weighted by Gasteiger charge is -2.36. The molecule has 0 aliphatic heterocycles. The molecule has 20 heavy (non-hydrogen) atoms. The van der Waals surface area contributed by atoms with E-state index in [1.807, 2.05) is 0 Å². The molecular formula is C15H20ClNO3. The van der Waals surface area contributed by atoms with Gasteiger partial charge in [-0.15, -0.1) is 0 Å². The van der Waals surface area contributed by atoms with Gasteiger partial charge in [0.05, 0.1) is 24.8 Å². The molecule has 1 amide bonds. The van der Waals surface area contributed by atoms with Crippen LogP contribution in [0, 0.1) is 0 Å². The van der Waals surface area contributed by atoms with E-state index in [0.717, 1.165) is 32.1 Å². The lowest BCUT2D eigenvalue weighted by atomic mass is 9.82. The predicted molar refractivity (Wildman–Crippen MR) is 78.4 cm³/mol. The Labute approximate surface area is 124 Å². The topological polar surface area (TPSA) is 58.6 Å². The zero-order valence-corrected chi connectivity index (χ0v) is 12.4. The van der Waals surface area contributed by atoms with E-state index in [9.17, 15) is 9.90 Å². The zero-order valence-electron chi connectivity index (χ0n) is 11.6. The van der Waals surface area contributed by atoms with E-state index in [1.54, 1.807) is 18.2 Å². The van der Waals surface area contributed by atoms with Crippen molar-refractivity contribution in [3.63, 3.8) is 0 Å². The van der Waals surface area contributed by atoms with E-state index >= 15 is 0 Å². The smallest absolute Gasteiger partial charge is 0.255 e. The summed E-state index contributed by atoms with van der Waals surface area (Å²) in [7, 11) is 1.50. The molecule has 1 saturated carbocycles. The summed E-state index contributed by atoms with van der Waals surface area (Å²) in [4.78, 5) is 12.4. The fourth-order valence-corrected chi connectivity index (χ4v) is 2.87. The van der Waals surface area contributed by atoms with E-state index in [2.05, 4.69) is 5.32 Å². The van der Waals surface area contributed by atoms with Crippen LogP contribution in [0.3, 0.4) is 0 Å². The van der Waals surface area contributed by atoms with Crippen molar-refractivity contribution < 1.29 is 14.6 Å². The first kappa shape index (κ1) is 15.1. The second-order valence-corrected chi connectivity index (χ2v) is 5.73. The number of aliphatic hydroxyl groups is 1. The summed E-state index contributed by atoms with van der Waals surface area (Å²) in [6, 6.07) is 4.92. The third-order valence-corrected chi connectivity index (χ3v) is 4.14. The number of aliphatic hydroxyl groups excluding tert-OH is 1. The maximum absolute atomic E-state index is 12.4. The van der Waals surface area contributed by atoms with Crippen LogP contribution in [0.15, 0.2) is 18.2 Å². The van der Waals surface area contributed by atoms with Crippen molar-refractivity contribution in [1.29, 1.82) is 0 Å². The van der Waals surface area contributed by atoms with Gasteiger partial charge in [-0.1, -0.05) is 30.9 Å². The van der Waals surface area contributed by atoms with E-state index in [4.69, 9.17) is 16.3 Å². The van der Waals surface area contributed by atoms with Gasteiger partial charge in [-0.2, -0.15) is 0 Å². The minimum absolute atomic E-state index is 0.0331. The highest BCUT2D eigenvalue weighted by Crippen LogP contribution is 2.29. The SMILES string of the molecule is COc1cc(Cl)ccc1C(=O)NC1(CO)CCCCC1. The molecule has 4 nitrogen and oxygen atoms in total. The van der Waals surface area contributed by atoms with Gasteiger partial charge in [-0.3, -0.25) is 4.79 Å².